The Bertz CT molecular complexity index is 282. The topological polar surface area (TPSA) is 21.3 Å². The maximum atomic E-state index is 5.13. The van der Waals surface area contributed by atoms with Crippen LogP contribution in [0.1, 0.15) is 38.8 Å². The molecular weight excluding hydrogens is 218 g/mol. The van der Waals surface area contributed by atoms with Gasteiger partial charge in [-0.2, -0.15) is 11.3 Å². The van der Waals surface area contributed by atoms with Crippen LogP contribution in [0.5, 0.6) is 0 Å². The molecule has 1 heterocycles. The third-order valence-electron chi connectivity index (χ3n) is 2.91. The van der Waals surface area contributed by atoms with Crippen molar-refractivity contribution in [2.45, 2.75) is 33.2 Å². The predicted molar refractivity (Wildman–Crippen MR) is 71.0 cm³/mol. The summed E-state index contributed by atoms with van der Waals surface area (Å²) in [6.45, 7) is 8.63. The van der Waals surface area contributed by atoms with Gasteiger partial charge in [-0.05, 0) is 41.1 Å². The molecule has 3 heteroatoms. The van der Waals surface area contributed by atoms with Crippen LogP contribution in [-0.4, -0.2) is 20.3 Å². The molecule has 1 N–H and O–H groups in total. The Balaban J connectivity index is 2.33. The number of hydrogen-bond donors (Lipinski definition) is 1. The van der Waals surface area contributed by atoms with Gasteiger partial charge in [0.15, 0.2) is 0 Å². The first-order valence-corrected chi connectivity index (χ1v) is 6.74. The Labute approximate surface area is 103 Å². The zero-order chi connectivity index (χ0) is 12.0. The maximum absolute atomic E-state index is 5.13. The lowest BCUT2D eigenvalue weighted by Gasteiger charge is -2.26. The molecule has 92 valence electrons. The molecule has 1 unspecified atom stereocenters. The molecule has 0 fully saturated rings. The van der Waals surface area contributed by atoms with Gasteiger partial charge in [-0.3, -0.25) is 0 Å². The average Bonchev–Trinajstić information content (AvgIpc) is 2.77. The quantitative estimate of drug-likeness (QED) is 0.789. The van der Waals surface area contributed by atoms with Gasteiger partial charge >= 0.3 is 0 Å². The van der Waals surface area contributed by atoms with Crippen molar-refractivity contribution in [3.8, 4) is 0 Å². The van der Waals surface area contributed by atoms with Crippen LogP contribution < -0.4 is 5.32 Å². The van der Waals surface area contributed by atoms with Crippen molar-refractivity contribution in [3.63, 3.8) is 0 Å². The molecular formula is C13H23NOS. The summed E-state index contributed by atoms with van der Waals surface area (Å²) in [6, 6.07) is 2.62. The van der Waals surface area contributed by atoms with Gasteiger partial charge in [-0.15, -0.1) is 0 Å². The lowest BCUT2D eigenvalue weighted by atomic mass is 9.89. The van der Waals surface area contributed by atoms with Crippen molar-refractivity contribution >= 4 is 11.3 Å². The average molecular weight is 241 g/mol. The molecule has 0 aromatic carbocycles. The third kappa shape index (κ3) is 4.64. The highest BCUT2D eigenvalue weighted by Gasteiger charge is 2.18. The fraction of sp³-hybridized carbons (Fsp3) is 0.692. The molecule has 0 saturated heterocycles. The normalized spacial score (nSPS) is 14.0. The fourth-order valence-electron chi connectivity index (χ4n) is 1.54. The Hall–Kier alpha value is -0.380. The SMILES string of the molecule is COCCC(C)(C)CNC(C)c1ccsc1. The zero-order valence-corrected chi connectivity index (χ0v) is 11.6. The van der Waals surface area contributed by atoms with Crippen LogP contribution in [-0.2, 0) is 4.74 Å². The Morgan fingerprint density at radius 3 is 2.81 bits per heavy atom. The van der Waals surface area contributed by atoms with Gasteiger partial charge < -0.3 is 10.1 Å². The van der Waals surface area contributed by atoms with E-state index in [4.69, 9.17) is 4.74 Å². The largest absolute Gasteiger partial charge is 0.385 e. The lowest BCUT2D eigenvalue weighted by Crippen LogP contribution is -2.32. The summed E-state index contributed by atoms with van der Waals surface area (Å²) < 4.78 is 5.13. The molecule has 0 radical (unpaired) electrons. The molecule has 1 rings (SSSR count). The molecule has 0 amide bonds. The number of thiophene rings is 1. The first-order chi connectivity index (χ1) is 7.55. The van der Waals surface area contributed by atoms with E-state index in [1.807, 2.05) is 0 Å². The molecule has 0 saturated carbocycles. The number of ether oxygens (including phenoxy) is 1. The van der Waals surface area contributed by atoms with E-state index in [1.54, 1.807) is 18.4 Å². The third-order valence-corrected chi connectivity index (χ3v) is 3.61. The van der Waals surface area contributed by atoms with Gasteiger partial charge in [0, 0.05) is 26.3 Å². The molecule has 0 spiro atoms. The Kier molecular flexibility index (Phi) is 5.46. The first-order valence-electron chi connectivity index (χ1n) is 5.79. The predicted octanol–water partition coefficient (Wildman–Crippen LogP) is 3.46. The van der Waals surface area contributed by atoms with Gasteiger partial charge in [0.1, 0.15) is 0 Å². The van der Waals surface area contributed by atoms with Gasteiger partial charge in [0.05, 0.1) is 0 Å². The summed E-state index contributed by atoms with van der Waals surface area (Å²) in [5.74, 6) is 0. The second kappa shape index (κ2) is 6.38. The highest BCUT2D eigenvalue weighted by atomic mass is 32.1. The van der Waals surface area contributed by atoms with Crippen LogP contribution in [0.4, 0.5) is 0 Å². The second-order valence-electron chi connectivity index (χ2n) is 5.07. The summed E-state index contributed by atoms with van der Waals surface area (Å²) in [7, 11) is 1.76. The molecule has 2 nitrogen and oxygen atoms in total. The highest BCUT2D eigenvalue weighted by Crippen LogP contribution is 2.22. The van der Waals surface area contributed by atoms with E-state index in [-0.39, 0.29) is 0 Å². The van der Waals surface area contributed by atoms with Crippen LogP contribution in [0.3, 0.4) is 0 Å². The van der Waals surface area contributed by atoms with Gasteiger partial charge in [0.2, 0.25) is 0 Å². The number of methoxy groups -OCH3 is 1. The van der Waals surface area contributed by atoms with Crippen LogP contribution in [0.15, 0.2) is 16.8 Å². The van der Waals surface area contributed by atoms with Crippen LogP contribution >= 0.6 is 11.3 Å². The second-order valence-corrected chi connectivity index (χ2v) is 5.85. The van der Waals surface area contributed by atoms with Crippen molar-refractivity contribution in [1.29, 1.82) is 0 Å². The minimum absolute atomic E-state index is 0.292. The molecule has 0 aliphatic heterocycles. The van der Waals surface area contributed by atoms with E-state index in [0.29, 0.717) is 11.5 Å². The minimum Gasteiger partial charge on any atom is -0.385 e. The number of rotatable bonds is 7. The lowest BCUT2D eigenvalue weighted by molar-refractivity contribution is 0.149. The molecule has 0 bridgehead atoms. The minimum atomic E-state index is 0.292. The van der Waals surface area contributed by atoms with Crippen LogP contribution in [0.25, 0.3) is 0 Å². The van der Waals surface area contributed by atoms with Crippen molar-refractivity contribution in [1.82, 2.24) is 5.32 Å². The van der Waals surface area contributed by atoms with Crippen molar-refractivity contribution < 1.29 is 4.74 Å². The van der Waals surface area contributed by atoms with E-state index in [1.165, 1.54) is 5.56 Å². The van der Waals surface area contributed by atoms with E-state index >= 15 is 0 Å². The standard InChI is InChI=1S/C13H23NOS/c1-11(12-5-8-16-9-12)14-10-13(2,3)6-7-15-4/h5,8-9,11,14H,6-7,10H2,1-4H3. The smallest absolute Gasteiger partial charge is 0.0467 e. The summed E-state index contributed by atoms with van der Waals surface area (Å²) in [5, 5.41) is 7.92. The van der Waals surface area contributed by atoms with E-state index in [2.05, 4.69) is 42.9 Å². The summed E-state index contributed by atoms with van der Waals surface area (Å²) in [5.41, 5.74) is 1.67. The van der Waals surface area contributed by atoms with Crippen molar-refractivity contribution in [2.24, 2.45) is 5.41 Å². The van der Waals surface area contributed by atoms with E-state index < -0.39 is 0 Å². The monoisotopic (exact) mass is 241 g/mol. The van der Waals surface area contributed by atoms with Crippen molar-refractivity contribution in [3.05, 3.63) is 22.4 Å². The maximum Gasteiger partial charge on any atom is 0.0467 e. The van der Waals surface area contributed by atoms with E-state index in [9.17, 15) is 0 Å². The molecule has 1 aromatic rings. The van der Waals surface area contributed by atoms with Crippen molar-refractivity contribution in [2.75, 3.05) is 20.3 Å². The Morgan fingerprint density at radius 1 is 1.50 bits per heavy atom. The van der Waals surface area contributed by atoms with Gasteiger partial charge in [-0.25, -0.2) is 0 Å². The zero-order valence-electron chi connectivity index (χ0n) is 10.7. The Morgan fingerprint density at radius 2 is 2.25 bits per heavy atom. The number of hydrogen-bond acceptors (Lipinski definition) is 3. The highest BCUT2D eigenvalue weighted by molar-refractivity contribution is 7.07. The summed E-state index contributed by atoms with van der Waals surface area (Å²) in [6.07, 6.45) is 1.09. The van der Waals surface area contributed by atoms with Gasteiger partial charge in [0.25, 0.3) is 0 Å². The van der Waals surface area contributed by atoms with Crippen LogP contribution in [0, 0.1) is 5.41 Å². The first kappa shape index (κ1) is 13.7. The molecule has 1 atom stereocenters. The van der Waals surface area contributed by atoms with E-state index in [0.717, 1.165) is 19.6 Å². The number of nitrogens with one attached hydrogen (secondary N) is 1. The summed E-state index contributed by atoms with van der Waals surface area (Å²) >= 11 is 1.76. The van der Waals surface area contributed by atoms with Crippen LogP contribution in [0.2, 0.25) is 0 Å². The van der Waals surface area contributed by atoms with Gasteiger partial charge in [-0.1, -0.05) is 13.8 Å². The molecule has 1 aromatic heterocycles. The molecule has 16 heavy (non-hydrogen) atoms. The fourth-order valence-corrected chi connectivity index (χ4v) is 2.29. The molecule has 0 aliphatic rings. The molecule has 0 aliphatic carbocycles. The summed E-state index contributed by atoms with van der Waals surface area (Å²) in [4.78, 5) is 0.